The van der Waals surface area contributed by atoms with E-state index >= 15 is 0 Å². The van der Waals surface area contributed by atoms with E-state index in [4.69, 9.17) is 15.9 Å². The van der Waals surface area contributed by atoms with Crippen molar-refractivity contribution in [3.05, 3.63) is 27.8 Å². The Labute approximate surface area is 135 Å². The summed E-state index contributed by atoms with van der Waals surface area (Å²) in [6.07, 6.45) is 6.52. The number of amides is 1. The van der Waals surface area contributed by atoms with Gasteiger partial charge in [-0.3, -0.25) is 14.9 Å². The fourth-order valence-corrected chi connectivity index (χ4v) is 2.15. The quantitative estimate of drug-likeness (QED) is 0.473. The molecule has 0 aliphatic carbocycles. The predicted molar refractivity (Wildman–Crippen MR) is 85.8 cm³/mol. The van der Waals surface area contributed by atoms with Crippen molar-refractivity contribution >= 4 is 11.6 Å². The second kappa shape index (κ2) is 7.49. The van der Waals surface area contributed by atoms with Crippen LogP contribution in [0.1, 0.15) is 37.0 Å². The number of benzene rings is 1. The number of methoxy groups -OCH3 is 2. The Bertz CT molecular complexity index is 645. The number of nitrogens with one attached hydrogen (secondary N) is 1. The first kappa shape index (κ1) is 18.3. The number of nitro groups is 1. The topological polar surface area (TPSA) is 90.7 Å². The molecule has 1 aromatic rings. The van der Waals surface area contributed by atoms with Crippen molar-refractivity contribution in [3.8, 4) is 23.8 Å². The standard InChI is InChI=1S/C16H20N2O5/c1-6-16(7-2,8-3)17-15(19)11-9-13(22-4)14(23-5)10-12(11)18(20)21/h1,9-10H,7-8H2,2-5H3,(H,17,19). The Hall–Kier alpha value is -2.75. The van der Waals surface area contributed by atoms with Crippen molar-refractivity contribution in [2.45, 2.75) is 32.2 Å². The van der Waals surface area contributed by atoms with Gasteiger partial charge in [-0.25, -0.2) is 0 Å². The zero-order valence-corrected chi connectivity index (χ0v) is 13.6. The normalized spacial score (nSPS) is 10.6. The van der Waals surface area contributed by atoms with Crippen LogP contribution in [-0.2, 0) is 0 Å². The third kappa shape index (κ3) is 3.72. The number of rotatable bonds is 7. The molecule has 7 heteroatoms. The summed E-state index contributed by atoms with van der Waals surface area (Å²) in [6, 6.07) is 2.43. The minimum absolute atomic E-state index is 0.130. The van der Waals surface area contributed by atoms with E-state index in [1.807, 2.05) is 13.8 Å². The molecule has 1 rings (SSSR count). The van der Waals surface area contributed by atoms with Gasteiger partial charge in [-0.2, -0.15) is 0 Å². The van der Waals surface area contributed by atoms with Crippen LogP contribution in [0.25, 0.3) is 0 Å². The van der Waals surface area contributed by atoms with Crippen LogP contribution in [0.5, 0.6) is 11.5 Å². The van der Waals surface area contributed by atoms with Gasteiger partial charge in [-0.05, 0) is 12.8 Å². The smallest absolute Gasteiger partial charge is 0.286 e. The molecule has 0 saturated carbocycles. The van der Waals surface area contributed by atoms with Crippen LogP contribution in [0.15, 0.2) is 12.1 Å². The fraction of sp³-hybridized carbons (Fsp3) is 0.438. The first-order valence-corrected chi connectivity index (χ1v) is 7.08. The van der Waals surface area contributed by atoms with Crippen LogP contribution in [0.2, 0.25) is 0 Å². The van der Waals surface area contributed by atoms with Gasteiger partial charge in [0.2, 0.25) is 0 Å². The van der Waals surface area contributed by atoms with E-state index in [-0.39, 0.29) is 22.7 Å². The molecule has 1 N–H and O–H groups in total. The van der Waals surface area contributed by atoms with Crippen LogP contribution in [0.4, 0.5) is 5.69 Å². The zero-order chi connectivity index (χ0) is 17.6. The molecular weight excluding hydrogens is 300 g/mol. The molecule has 0 aromatic heterocycles. The molecule has 7 nitrogen and oxygen atoms in total. The van der Waals surface area contributed by atoms with Gasteiger partial charge in [0.05, 0.1) is 25.2 Å². The molecule has 0 heterocycles. The number of terminal acetylenes is 1. The van der Waals surface area contributed by atoms with Crippen LogP contribution in [0, 0.1) is 22.5 Å². The highest BCUT2D eigenvalue weighted by molar-refractivity contribution is 5.99. The lowest BCUT2D eigenvalue weighted by Crippen LogP contribution is -2.46. The van der Waals surface area contributed by atoms with Crippen molar-refractivity contribution in [2.24, 2.45) is 0 Å². The van der Waals surface area contributed by atoms with Gasteiger partial charge in [-0.1, -0.05) is 19.8 Å². The zero-order valence-electron chi connectivity index (χ0n) is 13.6. The van der Waals surface area contributed by atoms with Crippen molar-refractivity contribution < 1.29 is 19.2 Å². The summed E-state index contributed by atoms with van der Waals surface area (Å²) >= 11 is 0. The van der Waals surface area contributed by atoms with Crippen molar-refractivity contribution in [1.29, 1.82) is 0 Å². The Balaban J connectivity index is 3.38. The summed E-state index contributed by atoms with van der Waals surface area (Å²) in [5.41, 5.74) is -1.36. The Morgan fingerprint density at radius 1 is 1.30 bits per heavy atom. The Kier molecular flexibility index (Phi) is 5.96. The second-order valence-electron chi connectivity index (χ2n) is 4.87. The molecule has 1 amide bonds. The van der Waals surface area contributed by atoms with E-state index in [1.54, 1.807) is 0 Å². The van der Waals surface area contributed by atoms with Gasteiger partial charge in [0, 0.05) is 6.07 Å². The highest BCUT2D eigenvalue weighted by Crippen LogP contribution is 2.34. The lowest BCUT2D eigenvalue weighted by Gasteiger charge is -2.27. The maximum Gasteiger partial charge on any atom is 0.286 e. The first-order chi connectivity index (χ1) is 10.9. The molecule has 1 aromatic carbocycles. The number of nitro benzene ring substituents is 1. The second-order valence-corrected chi connectivity index (χ2v) is 4.87. The Morgan fingerprint density at radius 3 is 2.22 bits per heavy atom. The van der Waals surface area contributed by atoms with E-state index in [0.717, 1.165) is 6.07 Å². The van der Waals surface area contributed by atoms with Gasteiger partial charge < -0.3 is 14.8 Å². The predicted octanol–water partition coefficient (Wildman–Crippen LogP) is 2.53. The van der Waals surface area contributed by atoms with Gasteiger partial charge >= 0.3 is 0 Å². The highest BCUT2D eigenvalue weighted by atomic mass is 16.6. The molecule has 0 aliphatic heterocycles. The summed E-state index contributed by atoms with van der Waals surface area (Å²) in [5.74, 6) is 2.33. The molecule has 0 atom stereocenters. The summed E-state index contributed by atoms with van der Waals surface area (Å²) in [6.45, 7) is 3.68. The molecule has 0 bridgehead atoms. The molecule has 0 saturated heterocycles. The van der Waals surface area contributed by atoms with Crippen molar-refractivity contribution in [1.82, 2.24) is 5.32 Å². The third-order valence-electron chi connectivity index (χ3n) is 3.78. The molecule has 0 aliphatic rings. The number of carbonyl (C=O) groups is 1. The highest BCUT2D eigenvalue weighted by Gasteiger charge is 2.30. The lowest BCUT2D eigenvalue weighted by molar-refractivity contribution is -0.385. The fourth-order valence-electron chi connectivity index (χ4n) is 2.15. The Morgan fingerprint density at radius 2 is 1.83 bits per heavy atom. The molecule has 0 spiro atoms. The van der Waals surface area contributed by atoms with Crippen LogP contribution in [0.3, 0.4) is 0 Å². The molecular formula is C16H20N2O5. The maximum absolute atomic E-state index is 12.5. The number of hydrogen-bond acceptors (Lipinski definition) is 5. The number of ether oxygens (including phenoxy) is 2. The van der Waals surface area contributed by atoms with Crippen molar-refractivity contribution in [3.63, 3.8) is 0 Å². The van der Waals surface area contributed by atoms with E-state index in [1.165, 1.54) is 20.3 Å². The summed E-state index contributed by atoms with van der Waals surface area (Å²) in [7, 11) is 2.74. The summed E-state index contributed by atoms with van der Waals surface area (Å²) in [5, 5.41) is 14.0. The van der Waals surface area contributed by atoms with Crippen LogP contribution in [-0.4, -0.2) is 30.6 Å². The van der Waals surface area contributed by atoms with E-state index in [2.05, 4.69) is 11.2 Å². The van der Waals surface area contributed by atoms with Gasteiger partial charge in [0.25, 0.3) is 11.6 Å². The van der Waals surface area contributed by atoms with Gasteiger partial charge in [-0.15, -0.1) is 6.42 Å². The van der Waals surface area contributed by atoms with Gasteiger partial charge in [0.15, 0.2) is 11.5 Å². The monoisotopic (exact) mass is 320 g/mol. The van der Waals surface area contributed by atoms with E-state index < -0.39 is 16.4 Å². The average molecular weight is 320 g/mol. The van der Waals surface area contributed by atoms with Crippen LogP contribution >= 0.6 is 0 Å². The maximum atomic E-state index is 12.5. The largest absolute Gasteiger partial charge is 0.493 e. The van der Waals surface area contributed by atoms with E-state index in [0.29, 0.717) is 12.8 Å². The SMILES string of the molecule is C#CC(CC)(CC)NC(=O)c1cc(OC)c(OC)cc1[N+](=O)[O-]. The lowest BCUT2D eigenvalue weighted by atomic mass is 9.93. The average Bonchev–Trinajstić information content (AvgIpc) is 2.58. The minimum atomic E-state index is -0.849. The number of carbonyl (C=O) groups excluding carboxylic acids is 1. The number of hydrogen-bond donors (Lipinski definition) is 1. The summed E-state index contributed by atoms with van der Waals surface area (Å²) < 4.78 is 10.1. The molecule has 124 valence electrons. The molecule has 0 fully saturated rings. The number of nitrogens with zero attached hydrogens (tertiary/aromatic N) is 1. The van der Waals surface area contributed by atoms with Gasteiger partial charge in [0.1, 0.15) is 11.1 Å². The molecule has 0 unspecified atom stereocenters. The van der Waals surface area contributed by atoms with Crippen LogP contribution < -0.4 is 14.8 Å². The molecule has 23 heavy (non-hydrogen) atoms. The summed E-state index contributed by atoms with van der Waals surface area (Å²) in [4.78, 5) is 23.1. The van der Waals surface area contributed by atoms with Crippen molar-refractivity contribution in [2.75, 3.05) is 14.2 Å². The third-order valence-corrected chi connectivity index (χ3v) is 3.78. The van der Waals surface area contributed by atoms with E-state index in [9.17, 15) is 14.9 Å². The first-order valence-electron chi connectivity index (χ1n) is 7.08. The molecule has 0 radical (unpaired) electrons. The minimum Gasteiger partial charge on any atom is -0.493 e.